The molecular formula is C20H20FN3O2S. The lowest BCUT2D eigenvalue weighted by Crippen LogP contribution is -2.40. The molecule has 5 nitrogen and oxygen atoms in total. The standard InChI is InChI=1S/C20H20FN3O2S/c21-16-5-2-6-18(12-16)27(25,26)23-17-10-14-4-1-7-19-20(14)15(11-17)13-24(19)9-3-8-22/h1-2,4-7,12,15,17,23H,3,9-11,13H2. The molecule has 27 heavy (non-hydrogen) atoms. The molecule has 0 saturated heterocycles. The lowest BCUT2D eigenvalue weighted by atomic mass is 9.82. The molecule has 1 N–H and O–H groups in total. The third-order valence-electron chi connectivity index (χ3n) is 5.32. The van der Waals surface area contributed by atoms with E-state index in [9.17, 15) is 12.8 Å². The Balaban J connectivity index is 1.56. The van der Waals surface area contributed by atoms with Gasteiger partial charge < -0.3 is 4.90 Å². The highest BCUT2D eigenvalue weighted by atomic mass is 32.2. The molecule has 0 spiro atoms. The highest BCUT2D eigenvalue weighted by Gasteiger charge is 2.37. The molecule has 0 amide bonds. The van der Waals surface area contributed by atoms with Crippen LogP contribution in [0.2, 0.25) is 0 Å². The molecule has 0 fully saturated rings. The van der Waals surface area contributed by atoms with Gasteiger partial charge in [-0.1, -0.05) is 18.2 Å². The van der Waals surface area contributed by atoms with Gasteiger partial charge in [-0.2, -0.15) is 5.26 Å². The number of sulfonamides is 1. The second-order valence-electron chi connectivity index (χ2n) is 7.12. The SMILES string of the molecule is N#CCCN1CC2CC(NS(=O)(=O)c3cccc(F)c3)Cc3cccc1c32. The van der Waals surface area contributed by atoms with Crippen LogP contribution < -0.4 is 9.62 Å². The summed E-state index contributed by atoms with van der Waals surface area (Å²) in [7, 11) is -3.77. The maximum atomic E-state index is 13.4. The summed E-state index contributed by atoms with van der Waals surface area (Å²) in [5.41, 5.74) is 3.60. The summed E-state index contributed by atoms with van der Waals surface area (Å²) in [6.45, 7) is 1.48. The van der Waals surface area contributed by atoms with E-state index in [1.165, 1.54) is 29.4 Å². The molecular weight excluding hydrogens is 365 g/mol. The fraction of sp³-hybridized carbons (Fsp3) is 0.350. The van der Waals surface area contributed by atoms with Crippen molar-refractivity contribution in [2.24, 2.45) is 0 Å². The number of benzene rings is 2. The number of nitrogens with one attached hydrogen (secondary N) is 1. The molecule has 0 bridgehead atoms. The topological polar surface area (TPSA) is 73.2 Å². The maximum Gasteiger partial charge on any atom is 0.240 e. The Morgan fingerprint density at radius 1 is 1.26 bits per heavy atom. The molecule has 2 unspecified atom stereocenters. The Morgan fingerprint density at radius 2 is 2.07 bits per heavy atom. The minimum Gasteiger partial charge on any atom is -0.370 e. The quantitative estimate of drug-likeness (QED) is 0.859. The predicted molar refractivity (Wildman–Crippen MR) is 100 cm³/mol. The first kappa shape index (κ1) is 18.0. The second-order valence-corrected chi connectivity index (χ2v) is 8.83. The number of nitriles is 1. The Bertz CT molecular complexity index is 1020. The van der Waals surface area contributed by atoms with Gasteiger partial charge >= 0.3 is 0 Å². The van der Waals surface area contributed by atoms with E-state index in [-0.39, 0.29) is 16.9 Å². The highest BCUT2D eigenvalue weighted by Crippen LogP contribution is 2.44. The van der Waals surface area contributed by atoms with Crippen LogP contribution in [0, 0.1) is 17.1 Å². The van der Waals surface area contributed by atoms with Gasteiger partial charge in [0.2, 0.25) is 10.0 Å². The smallest absolute Gasteiger partial charge is 0.240 e. The summed E-state index contributed by atoms with van der Waals surface area (Å²) >= 11 is 0. The van der Waals surface area contributed by atoms with E-state index in [1.54, 1.807) is 0 Å². The lowest BCUT2D eigenvalue weighted by molar-refractivity contribution is 0.464. The molecule has 7 heteroatoms. The van der Waals surface area contributed by atoms with Crippen LogP contribution in [0.3, 0.4) is 0 Å². The van der Waals surface area contributed by atoms with E-state index in [4.69, 9.17) is 5.26 Å². The van der Waals surface area contributed by atoms with Crippen molar-refractivity contribution >= 4 is 15.7 Å². The minimum absolute atomic E-state index is 0.0517. The molecule has 2 aromatic carbocycles. The lowest BCUT2D eigenvalue weighted by Gasteiger charge is -2.29. The van der Waals surface area contributed by atoms with Crippen molar-refractivity contribution in [2.75, 3.05) is 18.0 Å². The van der Waals surface area contributed by atoms with Crippen LogP contribution in [-0.2, 0) is 16.4 Å². The Hall–Kier alpha value is -2.43. The number of nitrogens with zero attached hydrogens (tertiary/aromatic N) is 2. The zero-order valence-corrected chi connectivity index (χ0v) is 15.5. The zero-order valence-electron chi connectivity index (χ0n) is 14.7. The molecule has 1 aliphatic carbocycles. The summed E-state index contributed by atoms with van der Waals surface area (Å²) in [4.78, 5) is 2.17. The summed E-state index contributed by atoms with van der Waals surface area (Å²) in [5, 5.41) is 8.88. The Morgan fingerprint density at radius 3 is 2.85 bits per heavy atom. The van der Waals surface area contributed by atoms with E-state index in [0.29, 0.717) is 25.8 Å². The molecule has 4 rings (SSSR count). The molecule has 2 aliphatic rings. The van der Waals surface area contributed by atoms with E-state index < -0.39 is 15.8 Å². The van der Waals surface area contributed by atoms with Crippen LogP contribution in [0.25, 0.3) is 0 Å². The highest BCUT2D eigenvalue weighted by molar-refractivity contribution is 7.89. The molecule has 0 radical (unpaired) electrons. The van der Waals surface area contributed by atoms with Crippen molar-refractivity contribution in [3.63, 3.8) is 0 Å². The van der Waals surface area contributed by atoms with E-state index >= 15 is 0 Å². The van der Waals surface area contributed by atoms with Crippen molar-refractivity contribution in [3.8, 4) is 6.07 Å². The van der Waals surface area contributed by atoms with Crippen molar-refractivity contribution in [1.29, 1.82) is 5.26 Å². The molecule has 2 aromatic rings. The first-order chi connectivity index (χ1) is 13.0. The van der Waals surface area contributed by atoms with Gasteiger partial charge in [-0.25, -0.2) is 17.5 Å². The average Bonchev–Trinajstić information content (AvgIpc) is 2.99. The van der Waals surface area contributed by atoms with Gasteiger partial charge in [0.1, 0.15) is 5.82 Å². The third-order valence-corrected chi connectivity index (χ3v) is 6.84. The first-order valence-electron chi connectivity index (χ1n) is 8.99. The van der Waals surface area contributed by atoms with Crippen LogP contribution in [0.4, 0.5) is 10.1 Å². The molecule has 1 aliphatic heterocycles. The largest absolute Gasteiger partial charge is 0.370 e. The van der Waals surface area contributed by atoms with E-state index in [0.717, 1.165) is 18.2 Å². The minimum atomic E-state index is -3.77. The fourth-order valence-electron chi connectivity index (χ4n) is 4.27. The summed E-state index contributed by atoms with van der Waals surface area (Å²) in [6.07, 6.45) is 1.77. The summed E-state index contributed by atoms with van der Waals surface area (Å²) < 4.78 is 41.5. The van der Waals surface area contributed by atoms with Crippen LogP contribution in [0.5, 0.6) is 0 Å². The molecule has 2 atom stereocenters. The van der Waals surface area contributed by atoms with Crippen LogP contribution in [0.1, 0.15) is 29.9 Å². The van der Waals surface area contributed by atoms with Gasteiger partial charge in [0.25, 0.3) is 0 Å². The predicted octanol–water partition coefficient (Wildman–Crippen LogP) is 2.94. The fourth-order valence-corrected chi connectivity index (χ4v) is 5.55. The van der Waals surface area contributed by atoms with Gasteiger partial charge in [0.05, 0.1) is 17.4 Å². The summed E-state index contributed by atoms with van der Waals surface area (Å²) in [5.74, 6) is -0.329. The molecule has 140 valence electrons. The molecule has 0 saturated carbocycles. The van der Waals surface area contributed by atoms with Crippen LogP contribution in [-0.4, -0.2) is 27.5 Å². The summed E-state index contributed by atoms with van der Waals surface area (Å²) in [6, 6.07) is 13.1. The number of halogens is 1. The van der Waals surface area contributed by atoms with Gasteiger partial charge in [-0.3, -0.25) is 0 Å². The maximum absolute atomic E-state index is 13.4. The Labute approximate surface area is 158 Å². The molecule has 0 aromatic heterocycles. The van der Waals surface area contributed by atoms with Gasteiger partial charge in [-0.15, -0.1) is 0 Å². The van der Waals surface area contributed by atoms with Gasteiger partial charge in [-0.05, 0) is 48.2 Å². The van der Waals surface area contributed by atoms with E-state index in [1.807, 2.05) is 12.1 Å². The van der Waals surface area contributed by atoms with Crippen LogP contribution in [0.15, 0.2) is 47.4 Å². The zero-order chi connectivity index (χ0) is 19.0. The van der Waals surface area contributed by atoms with E-state index in [2.05, 4.69) is 21.8 Å². The number of hydrogen-bond acceptors (Lipinski definition) is 4. The van der Waals surface area contributed by atoms with Crippen molar-refractivity contribution < 1.29 is 12.8 Å². The number of hydrogen-bond donors (Lipinski definition) is 1. The Kier molecular flexibility index (Phi) is 4.62. The van der Waals surface area contributed by atoms with Crippen molar-refractivity contribution in [2.45, 2.75) is 36.1 Å². The third kappa shape index (κ3) is 3.43. The van der Waals surface area contributed by atoms with Gasteiger partial charge in [0, 0.05) is 30.7 Å². The van der Waals surface area contributed by atoms with Crippen LogP contribution >= 0.6 is 0 Å². The number of rotatable bonds is 5. The number of anilines is 1. The average molecular weight is 385 g/mol. The normalized spacial score (nSPS) is 21.0. The first-order valence-corrected chi connectivity index (χ1v) is 10.5. The molecule has 1 heterocycles. The monoisotopic (exact) mass is 385 g/mol. The van der Waals surface area contributed by atoms with Gasteiger partial charge in [0.15, 0.2) is 0 Å². The second kappa shape index (κ2) is 6.95. The van der Waals surface area contributed by atoms with Crippen molar-refractivity contribution in [3.05, 3.63) is 59.4 Å². The van der Waals surface area contributed by atoms with Crippen molar-refractivity contribution in [1.82, 2.24) is 4.72 Å².